The van der Waals surface area contributed by atoms with Gasteiger partial charge in [0.05, 0.1) is 29.3 Å². The van der Waals surface area contributed by atoms with Crippen LogP contribution in [-0.2, 0) is 4.79 Å². The van der Waals surface area contributed by atoms with Crippen molar-refractivity contribution in [2.45, 2.75) is 19.9 Å². The number of rotatable bonds is 7. The molecule has 152 valence electrons. The molecule has 1 aromatic heterocycles. The van der Waals surface area contributed by atoms with Gasteiger partial charge in [-0.2, -0.15) is 0 Å². The number of nitro benzene ring substituents is 1. The van der Waals surface area contributed by atoms with Gasteiger partial charge in [-0.25, -0.2) is 4.98 Å². The van der Waals surface area contributed by atoms with Gasteiger partial charge in [-0.15, -0.1) is 11.3 Å². The molecule has 0 aliphatic rings. The molecule has 3 aromatic rings. The van der Waals surface area contributed by atoms with Gasteiger partial charge in [-0.3, -0.25) is 14.9 Å². The second-order valence-corrected chi connectivity index (χ2v) is 7.97. The number of quaternary nitrogens is 1. The van der Waals surface area contributed by atoms with Crippen LogP contribution < -0.4 is 15.0 Å². The van der Waals surface area contributed by atoms with E-state index in [-0.39, 0.29) is 29.9 Å². The predicted molar refractivity (Wildman–Crippen MR) is 113 cm³/mol. The number of nitro groups is 1. The molecule has 0 saturated carbocycles. The molecule has 0 saturated heterocycles. The molecule has 1 heterocycles. The number of nitrogens with one attached hydrogen (secondary N) is 2. The molecular formula is C20H23N4O4S+. The van der Waals surface area contributed by atoms with E-state index in [0.717, 1.165) is 20.1 Å². The molecule has 0 aliphatic carbocycles. The summed E-state index contributed by atoms with van der Waals surface area (Å²) in [6.45, 7) is 3.98. The van der Waals surface area contributed by atoms with Crippen LogP contribution in [0.5, 0.6) is 5.75 Å². The number of carbonyl (C=O) groups is 1. The Hall–Kier alpha value is -3.04. The van der Waals surface area contributed by atoms with Crippen molar-refractivity contribution in [1.82, 2.24) is 4.98 Å². The molecular weight excluding hydrogens is 392 g/mol. The summed E-state index contributed by atoms with van der Waals surface area (Å²) in [4.78, 5) is 28.9. The zero-order valence-corrected chi connectivity index (χ0v) is 17.5. The number of nitrogens with zero attached hydrogens (tertiary/aromatic N) is 2. The van der Waals surface area contributed by atoms with Crippen molar-refractivity contribution in [3.8, 4) is 5.75 Å². The summed E-state index contributed by atoms with van der Waals surface area (Å²) in [5, 5.41) is 14.9. The standard InChI is InChI=1S/C20H22N4O4S/c1-12-9-16(24(26)27)17(28-4)10-15(12)21-19(25)11-23(3)13(2)20-22-14-7-5-6-8-18(14)29-20/h5-10,13H,11H2,1-4H3,(H,21,25)/p+1/t13-/m1/s1. The molecule has 0 fully saturated rings. The Labute approximate surface area is 172 Å². The number of benzene rings is 2. The van der Waals surface area contributed by atoms with E-state index in [0.29, 0.717) is 11.3 Å². The third-order valence-corrected chi connectivity index (χ3v) is 6.08. The summed E-state index contributed by atoms with van der Waals surface area (Å²) in [5.74, 6) is -0.0751. The number of amides is 1. The number of hydrogen-bond acceptors (Lipinski definition) is 6. The number of aryl methyl sites for hydroxylation is 1. The molecule has 29 heavy (non-hydrogen) atoms. The number of anilines is 1. The molecule has 8 nitrogen and oxygen atoms in total. The van der Waals surface area contributed by atoms with Crippen LogP contribution in [0.15, 0.2) is 36.4 Å². The van der Waals surface area contributed by atoms with Gasteiger partial charge in [0.1, 0.15) is 6.04 Å². The molecule has 0 bridgehead atoms. The summed E-state index contributed by atoms with van der Waals surface area (Å²) in [6, 6.07) is 10.9. The van der Waals surface area contributed by atoms with Crippen LogP contribution in [0.25, 0.3) is 10.2 Å². The van der Waals surface area contributed by atoms with Crippen LogP contribution in [-0.4, -0.2) is 36.5 Å². The maximum Gasteiger partial charge on any atom is 0.311 e. The smallest absolute Gasteiger partial charge is 0.311 e. The fraction of sp³-hybridized carbons (Fsp3) is 0.300. The largest absolute Gasteiger partial charge is 0.490 e. The number of fused-ring (bicyclic) bond motifs is 1. The lowest BCUT2D eigenvalue weighted by Crippen LogP contribution is -3.10. The molecule has 1 amide bonds. The van der Waals surface area contributed by atoms with Crippen LogP contribution in [0, 0.1) is 17.0 Å². The highest BCUT2D eigenvalue weighted by molar-refractivity contribution is 7.18. The van der Waals surface area contributed by atoms with Crippen molar-refractivity contribution in [1.29, 1.82) is 0 Å². The first-order valence-corrected chi connectivity index (χ1v) is 9.92. The average Bonchev–Trinajstić information content (AvgIpc) is 3.12. The summed E-state index contributed by atoms with van der Waals surface area (Å²) in [5.41, 5.74) is 1.93. The Morgan fingerprint density at radius 2 is 2.10 bits per heavy atom. The van der Waals surface area contributed by atoms with Gasteiger partial charge in [0.2, 0.25) is 0 Å². The first kappa shape index (κ1) is 20.7. The Bertz CT molecular complexity index is 1030. The molecule has 3 rings (SSSR count). The Morgan fingerprint density at radius 3 is 2.76 bits per heavy atom. The zero-order chi connectivity index (χ0) is 21.1. The first-order chi connectivity index (χ1) is 13.8. The number of aromatic nitrogens is 1. The Balaban J connectivity index is 1.70. The fourth-order valence-electron chi connectivity index (χ4n) is 3.00. The van der Waals surface area contributed by atoms with Crippen LogP contribution in [0.4, 0.5) is 11.4 Å². The highest BCUT2D eigenvalue weighted by Gasteiger charge is 2.23. The first-order valence-electron chi connectivity index (χ1n) is 9.10. The van der Waals surface area contributed by atoms with E-state index in [9.17, 15) is 14.9 Å². The maximum atomic E-state index is 12.6. The lowest BCUT2D eigenvalue weighted by molar-refractivity contribution is -0.902. The van der Waals surface area contributed by atoms with Gasteiger partial charge in [-0.05, 0) is 31.5 Å². The van der Waals surface area contributed by atoms with Gasteiger partial charge < -0.3 is 15.0 Å². The number of ether oxygens (including phenoxy) is 1. The minimum Gasteiger partial charge on any atom is -0.490 e. The lowest BCUT2D eigenvalue weighted by atomic mass is 10.1. The Morgan fingerprint density at radius 1 is 1.38 bits per heavy atom. The quantitative estimate of drug-likeness (QED) is 0.457. The van der Waals surface area contributed by atoms with Gasteiger partial charge in [0.25, 0.3) is 5.91 Å². The third kappa shape index (κ3) is 4.52. The average molecular weight is 415 g/mol. The van der Waals surface area contributed by atoms with Crippen LogP contribution in [0.2, 0.25) is 0 Å². The molecule has 0 spiro atoms. The van der Waals surface area contributed by atoms with Crippen molar-refractivity contribution in [2.75, 3.05) is 26.0 Å². The highest BCUT2D eigenvalue weighted by Crippen LogP contribution is 2.32. The minimum absolute atomic E-state index is 0.0469. The van der Waals surface area contributed by atoms with E-state index in [1.165, 1.54) is 19.2 Å². The van der Waals surface area contributed by atoms with E-state index in [2.05, 4.69) is 10.3 Å². The van der Waals surface area contributed by atoms with E-state index < -0.39 is 4.92 Å². The maximum absolute atomic E-state index is 12.6. The fourth-order valence-corrected chi connectivity index (χ4v) is 4.11. The second kappa shape index (κ2) is 8.54. The van der Waals surface area contributed by atoms with Crippen molar-refractivity contribution in [3.05, 3.63) is 57.1 Å². The summed E-state index contributed by atoms with van der Waals surface area (Å²) in [6.07, 6.45) is 0. The molecule has 0 radical (unpaired) electrons. The number of likely N-dealkylation sites (N-methyl/N-ethyl adjacent to an activating group) is 1. The van der Waals surface area contributed by atoms with E-state index in [1.807, 2.05) is 38.2 Å². The summed E-state index contributed by atoms with van der Waals surface area (Å²) < 4.78 is 6.21. The summed E-state index contributed by atoms with van der Waals surface area (Å²) in [7, 11) is 3.31. The number of hydrogen-bond donors (Lipinski definition) is 2. The van der Waals surface area contributed by atoms with Crippen molar-refractivity contribution in [2.24, 2.45) is 0 Å². The van der Waals surface area contributed by atoms with Gasteiger partial charge >= 0.3 is 5.69 Å². The molecule has 0 aliphatic heterocycles. The van der Waals surface area contributed by atoms with Gasteiger partial charge in [0, 0.05) is 17.8 Å². The SMILES string of the molecule is COc1cc(NC(=O)C[NH+](C)[C@H](C)c2nc3ccccc3s2)c(C)cc1[N+](=O)[O-]. The van der Waals surface area contributed by atoms with Gasteiger partial charge in [0.15, 0.2) is 17.3 Å². The molecule has 2 aromatic carbocycles. The molecule has 9 heteroatoms. The third-order valence-electron chi connectivity index (χ3n) is 4.86. The van der Waals surface area contributed by atoms with E-state index in [4.69, 9.17) is 4.74 Å². The monoisotopic (exact) mass is 415 g/mol. The van der Waals surface area contributed by atoms with Crippen molar-refractivity contribution in [3.63, 3.8) is 0 Å². The Kier molecular flexibility index (Phi) is 6.09. The van der Waals surface area contributed by atoms with Crippen molar-refractivity contribution < 1.29 is 19.4 Å². The van der Waals surface area contributed by atoms with E-state index in [1.54, 1.807) is 18.3 Å². The van der Waals surface area contributed by atoms with Crippen LogP contribution >= 0.6 is 11.3 Å². The molecule has 2 atom stereocenters. The number of thiazole rings is 1. The highest BCUT2D eigenvalue weighted by atomic mass is 32.1. The number of carbonyl (C=O) groups excluding carboxylic acids is 1. The topological polar surface area (TPSA) is 98.8 Å². The summed E-state index contributed by atoms with van der Waals surface area (Å²) >= 11 is 1.63. The second-order valence-electron chi connectivity index (χ2n) is 6.91. The molecule has 2 N–H and O–H groups in total. The zero-order valence-electron chi connectivity index (χ0n) is 16.7. The van der Waals surface area contributed by atoms with E-state index >= 15 is 0 Å². The van der Waals surface area contributed by atoms with Crippen molar-refractivity contribution >= 4 is 38.8 Å². The normalized spacial score (nSPS) is 13.1. The lowest BCUT2D eigenvalue weighted by Gasteiger charge is -2.19. The molecule has 1 unspecified atom stereocenters. The van der Waals surface area contributed by atoms with Crippen LogP contribution in [0.3, 0.4) is 0 Å². The van der Waals surface area contributed by atoms with Gasteiger partial charge in [-0.1, -0.05) is 12.1 Å². The predicted octanol–water partition coefficient (Wildman–Crippen LogP) is 2.74. The van der Waals surface area contributed by atoms with Crippen LogP contribution in [0.1, 0.15) is 23.5 Å². The number of para-hydroxylation sites is 1. The minimum atomic E-state index is -0.505. The number of methoxy groups -OCH3 is 1.